The first kappa shape index (κ1) is 22.5. The predicted molar refractivity (Wildman–Crippen MR) is 121 cm³/mol. The molecule has 0 aliphatic rings. The second-order valence-corrected chi connectivity index (χ2v) is 6.82. The summed E-state index contributed by atoms with van der Waals surface area (Å²) in [7, 11) is 2.74. The summed E-state index contributed by atoms with van der Waals surface area (Å²) in [6.07, 6.45) is 2.60. The van der Waals surface area contributed by atoms with Crippen LogP contribution in [0.4, 0.5) is 0 Å². The number of carbonyl (C=O) groups excluding carboxylic acids is 1. The van der Waals surface area contributed by atoms with Gasteiger partial charge in [-0.2, -0.15) is 5.10 Å². The monoisotopic (exact) mass is 437 g/mol. The largest absolute Gasteiger partial charge is 0.493 e. The van der Waals surface area contributed by atoms with Gasteiger partial charge in [0.2, 0.25) is 0 Å². The van der Waals surface area contributed by atoms with E-state index in [0.29, 0.717) is 39.9 Å². The van der Waals surface area contributed by atoms with E-state index in [4.69, 9.17) is 14.2 Å². The molecular formula is C23H23N3O6. The van der Waals surface area contributed by atoms with Gasteiger partial charge in [-0.05, 0) is 43.2 Å². The number of nitrogens with zero attached hydrogens (tertiary/aromatic N) is 2. The molecule has 0 bridgehead atoms. The molecule has 1 N–H and O–H groups in total. The zero-order valence-corrected chi connectivity index (χ0v) is 18.0. The van der Waals surface area contributed by atoms with Crippen molar-refractivity contribution in [3.05, 3.63) is 81.0 Å². The molecule has 0 fully saturated rings. The molecule has 0 amide bonds. The normalized spacial score (nSPS) is 12.0. The van der Waals surface area contributed by atoms with Gasteiger partial charge in [0.15, 0.2) is 17.6 Å². The van der Waals surface area contributed by atoms with Crippen molar-refractivity contribution in [2.75, 3.05) is 14.2 Å². The van der Waals surface area contributed by atoms with Crippen LogP contribution in [-0.4, -0.2) is 42.2 Å². The minimum absolute atomic E-state index is 0.342. The molecule has 9 heteroatoms. The average molecular weight is 437 g/mol. The molecule has 1 heterocycles. The quantitative estimate of drug-likeness (QED) is 0.329. The van der Waals surface area contributed by atoms with Gasteiger partial charge in [0, 0.05) is 5.56 Å². The fourth-order valence-corrected chi connectivity index (χ4v) is 3.12. The van der Waals surface area contributed by atoms with Crippen molar-refractivity contribution >= 4 is 23.1 Å². The zero-order valence-electron chi connectivity index (χ0n) is 18.0. The summed E-state index contributed by atoms with van der Waals surface area (Å²) in [6.45, 7) is 5.31. The third-order valence-corrected chi connectivity index (χ3v) is 4.67. The highest BCUT2D eigenvalue weighted by Crippen LogP contribution is 2.34. The van der Waals surface area contributed by atoms with Crippen LogP contribution < -0.4 is 20.7 Å². The van der Waals surface area contributed by atoms with Gasteiger partial charge < -0.3 is 19.2 Å². The van der Waals surface area contributed by atoms with Gasteiger partial charge in [-0.1, -0.05) is 18.2 Å². The molecule has 166 valence electrons. The topological polar surface area (TPSA) is 112 Å². The number of methoxy groups -OCH3 is 2. The Kier molecular flexibility index (Phi) is 6.89. The number of aromatic amines is 1. The molecule has 0 aliphatic heterocycles. The lowest BCUT2D eigenvalue weighted by atomic mass is 10.1. The fourth-order valence-electron chi connectivity index (χ4n) is 3.12. The number of rotatable bonds is 8. The number of allylic oxidation sites excluding steroid dienone is 1. The Hall–Kier alpha value is -4.14. The van der Waals surface area contributed by atoms with E-state index in [-0.39, 0.29) is 0 Å². The molecule has 0 radical (unpaired) electrons. The molecule has 9 nitrogen and oxygen atoms in total. The van der Waals surface area contributed by atoms with Crippen molar-refractivity contribution in [2.45, 2.75) is 19.4 Å². The molecule has 0 saturated heterocycles. The number of nitrogens with one attached hydrogen (secondary N) is 1. The van der Waals surface area contributed by atoms with E-state index < -0.39 is 23.3 Å². The summed E-state index contributed by atoms with van der Waals surface area (Å²) in [6, 6.07) is 10.1. The molecular weight excluding hydrogens is 414 g/mol. The van der Waals surface area contributed by atoms with Crippen LogP contribution in [0.5, 0.6) is 11.5 Å². The fraction of sp³-hybridized carbons (Fsp3) is 0.217. The summed E-state index contributed by atoms with van der Waals surface area (Å²) >= 11 is 0. The maximum Gasteiger partial charge on any atom is 0.349 e. The molecule has 1 aromatic heterocycles. The van der Waals surface area contributed by atoms with Gasteiger partial charge in [-0.15, -0.1) is 11.3 Å². The second kappa shape index (κ2) is 9.78. The van der Waals surface area contributed by atoms with Gasteiger partial charge in [-0.3, -0.25) is 4.79 Å². The standard InChI is InChI=1S/C23H23N3O6/c1-5-8-16-11-15(12-19(30-3)20(16)32-14(2)22(28)31-4)13-24-26-21(27)17-9-6-7-10-18(17)25-23(26)29/h5-7,9-14H,1,8H2,2-4H3,(H,25,29)/t14-/m0/s1. The van der Waals surface area contributed by atoms with E-state index in [1.54, 1.807) is 49.4 Å². The van der Waals surface area contributed by atoms with Crippen molar-refractivity contribution in [1.82, 2.24) is 9.66 Å². The molecule has 2 aromatic carbocycles. The Labute approximate surface area is 183 Å². The van der Waals surface area contributed by atoms with Crippen LogP contribution in [0.15, 0.2) is 63.7 Å². The third kappa shape index (κ3) is 4.61. The van der Waals surface area contributed by atoms with E-state index in [1.165, 1.54) is 20.4 Å². The van der Waals surface area contributed by atoms with Crippen molar-refractivity contribution < 1.29 is 19.0 Å². The average Bonchev–Trinajstić information content (AvgIpc) is 2.79. The first-order valence-electron chi connectivity index (χ1n) is 9.74. The van der Waals surface area contributed by atoms with Crippen LogP contribution in [0.3, 0.4) is 0 Å². The smallest absolute Gasteiger partial charge is 0.349 e. The summed E-state index contributed by atoms with van der Waals surface area (Å²) in [5, 5.41) is 4.42. The molecule has 32 heavy (non-hydrogen) atoms. The number of fused-ring (bicyclic) bond motifs is 1. The molecule has 0 saturated carbocycles. The number of esters is 1. The lowest BCUT2D eigenvalue weighted by Crippen LogP contribution is -2.32. The molecule has 0 spiro atoms. The number of hydrogen-bond donors (Lipinski definition) is 1. The van der Waals surface area contributed by atoms with Crippen LogP contribution >= 0.6 is 0 Å². The lowest BCUT2D eigenvalue weighted by molar-refractivity contribution is -0.147. The van der Waals surface area contributed by atoms with Crippen molar-refractivity contribution in [2.24, 2.45) is 5.10 Å². The molecule has 3 aromatic rings. The second-order valence-electron chi connectivity index (χ2n) is 6.82. The number of carbonyl (C=O) groups is 1. The summed E-state index contributed by atoms with van der Waals surface area (Å²) in [5.74, 6) is 0.182. The van der Waals surface area contributed by atoms with E-state index in [1.807, 2.05) is 0 Å². The summed E-state index contributed by atoms with van der Waals surface area (Å²) in [5.41, 5.74) is 0.471. The Morgan fingerprint density at radius 3 is 2.69 bits per heavy atom. The van der Waals surface area contributed by atoms with Gasteiger partial charge in [0.1, 0.15) is 0 Å². The Bertz CT molecular complexity index is 1310. The Morgan fingerprint density at radius 2 is 2.00 bits per heavy atom. The lowest BCUT2D eigenvalue weighted by Gasteiger charge is -2.18. The number of hydrogen-bond acceptors (Lipinski definition) is 7. The number of benzene rings is 2. The van der Waals surface area contributed by atoms with E-state index >= 15 is 0 Å². The highest BCUT2D eigenvalue weighted by atomic mass is 16.6. The number of ether oxygens (including phenoxy) is 3. The van der Waals surface area contributed by atoms with Crippen LogP contribution in [0, 0.1) is 0 Å². The molecule has 0 aliphatic carbocycles. The number of H-pyrrole nitrogens is 1. The van der Waals surface area contributed by atoms with Crippen LogP contribution in [0.2, 0.25) is 0 Å². The third-order valence-electron chi connectivity index (χ3n) is 4.67. The first-order valence-corrected chi connectivity index (χ1v) is 9.74. The van der Waals surface area contributed by atoms with Crippen molar-refractivity contribution in [1.29, 1.82) is 0 Å². The van der Waals surface area contributed by atoms with Gasteiger partial charge >= 0.3 is 11.7 Å². The van der Waals surface area contributed by atoms with E-state index in [2.05, 4.69) is 16.7 Å². The van der Waals surface area contributed by atoms with Crippen LogP contribution in [0.1, 0.15) is 18.1 Å². The zero-order chi connectivity index (χ0) is 23.3. The molecule has 1 atom stereocenters. The Morgan fingerprint density at radius 1 is 1.25 bits per heavy atom. The van der Waals surface area contributed by atoms with Crippen molar-refractivity contribution in [3.8, 4) is 11.5 Å². The summed E-state index contributed by atoms with van der Waals surface area (Å²) < 4.78 is 16.7. The van der Waals surface area contributed by atoms with E-state index in [9.17, 15) is 14.4 Å². The maximum atomic E-state index is 12.7. The van der Waals surface area contributed by atoms with E-state index in [0.717, 1.165) is 4.68 Å². The maximum absolute atomic E-state index is 12.7. The molecule has 0 unspecified atom stereocenters. The summed E-state index contributed by atoms with van der Waals surface area (Å²) in [4.78, 5) is 39.4. The highest BCUT2D eigenvalue weighted by molar-refractivity contribution is 5.82. The van der Waals surface area contributed by atoms with Gasteiger partial charge in [-0.25, -0.2) is 9.59 Å². The van der Waals surface area contributed by atoms with Gasteiger partial charge in [0.25, 0.3) is 5.56 Å². The Balaban J connectivity index is 2.05. The first-order chi connectivity index (χ1) is 15.4. The molecule has 3 rings (SSSR count). The SMILES string of the molecule is C=CCc1cc(C=Nn2c(=O)[nH]c3ccccc3c2=O)cc(OC)c1O[C@@H](C)C(=O)OC. The van der Waals surface area contributed by atoms with Crippen molar-refractivity contribution in [3.63, 3.8) is 0 Å². The minimum Gasteiger partial charge on any atom is -0.493 e. The number of para-hydroxylation sites is 1. The van der Waals surface area contributed by atoms with Crippen LogP contribution in [-0.2, 0) is 16.0 Å². The minimum atomic E-state index is -0.855. The number of aromatic nitrogens is 2. The van der Waals surface area contributed by atoms with Gasteiger partial charge in [0.05, 0.1) is 31.3 Å². The van der Waals surface area contributed by atoms with Crippen LogP contribution in [0.25, 0.3) is 10.9 Å². The predicted octanol–water partition coefficient (Wildman–Crippen LogP) is 2.25. The highest BCUT2D eigenvalue weighted by Gasteiger charge is 2.20.